The van der Waals surface area contributed by atoms with E-state index in [-0.39, 0.29) is 5.41 Å². The molecule has 2 aliphatic rings. The van der Waals surface area contributed by atoms with Crippen molar-refractivity contribution < 1.29 is 4.74 Å². The van der Waals surface area contributed by atoms with Gasteiger partial charge in [-0.05, 0) is 54.0 Å². The van der Waals surface area contributed by atoms with E-state index in [2.05, 4.69) is 37.4 Å². The molecular formula is C15H21NO. The summed E-state index contributed by atoms with van der Waals surface area (Å²) in [6.07, 6.45) is 2.64. The fraction of sp³-hybridized carbons (Fsp3) is 0.600. The number of hydrogen-bond donors (Lipinski definition) is 1. The maximum atomic E-state index is 5.37. The first-order chi connectivity index (χ1) is 8.14. The molecule has 0 bridgehead atoms. The Morgan fingerprint density at radius 3 is 2.94 bits per heavy atom. The van der Waals surface area contributed by atoms with Crippen LogP contribution in [0.4, 0.5) is 0 Å². The Morgan fingerprint density at radius 2 is 2.18 bits per heavy atom. The van der Waals surface area contributed by atoms with Gasteiger partial charge in [0.15, 0.2) is 0 Å². The standard InChI is InChI=1S/C15H21NO/c1-15(2)12-5-4-8-16-14(12)11-7-6-10(17-3)9-13(11)15/h6-7,9,12,14,16H,4-5,8H2,1-3H3. The summed E-state index contributed by atoms with van der Waals surface area (Å²) in [6.45, 7) is 5.91. The van der Waals surface area contributed by atoms with Crippen LogP contribution in [0.2, 0.25) is 0 Å². The minimum atomic E-state index is 0.266. The average molecular weight is 231 g/mol. The highest BCUT2D eigenvalue weighted by molar-refractivity contribution is 5.47. The molecule has 2 atom stereocenters. The van der Waals surface area contributed by atoms with Crippen molar-refractivity contribution in [2.24, 2.45) is 5.92 Å². The lowest BCUT2D eigenvalue weighted by Crippen LogP contribution is -2.37. The van der Waals surface area contributed by atoms with Crippen molar-refractivity contribution >= 4 is 0 Å². The van der Waals surface area contributed by atoms with Gasteiger partial charge in [0.2, 0.25) is 0 Å². The van der Waals surface area contributed by atoms with Crippen molar-refractivity contribution in [1.82, 2.24) is 5.32 Å². The molecule has 0 amide bonds. The number of ether oxygens (including phenoxy) is 1. The molecular weight excluding hydrogens is 210 g/mol. The van der Waals surface area contributed by atoms with E-state index in [1.807, 2.05) is 0 Å². The molecule has 1 fully saturated rings. The molecule has 92 valence electrons. The summed E-state index contributed by atoms with van der Waals surface area (Å²) in [5, 5.41) is 3.69. The van der Waals surface area contributed by atoms with Crippen LogP contribution in [0.5, 0.6) is 5.75 Å². The van der Waals surface area contributed by atoms with Crippen molar-refractivity contribution in [2.45, 2.75) is 38.1 Å². The van der Waals surface area contributed by atoms with Gasteiger partial charge in [0.05, 0.1) is 7.11 Å². The quantitative estimate of drug-likeness (QED) is 0.802. The minimum absolute atomic E-state index is 0.266. The lowest BCUT2D eigenvalue weighted by Gasteiger charge is -2.35. The van der Waals surface area contributed by atoms with Gasteiger partial charge in [-0.25, -0.2) is 0 Å². The summed E-state index contributed by atoms with van der Waals surface area (Å²) < 4.78 is 5.37. The van der Waals surface area contributed by atoms with E-state index in [1.165, 1.54) is 24.0 Å². The van der Waals surface area contributed by atoms with Gasteiger partial charge in [0.1, 0.15) is 5.75 Å². The normalized spacial score (nSPS) is 29.6. The first-order valence-corrected chi connectivity index (χ1v) is 6.56. The molecule has 0 radical (unpaired) electrons. The molecule has 1 saturated heterocycles. The van der Waals surface area contributed by atoms with Crippen LogP contribution in [0.15, 0.2) is 18.2 Å². The van der Waals surface area contributed by atoms with Crippen molar-refractivity contribution in [1.29, 1.82) is 0 Å². The molecule has 1 aromatic rings. The predicted octanol–water partition coefficient (Wildman–Crippen LogP) is 3.03. The van der Waals surface area contributed by atoms with E-state index in [1.54, 1.807) is 7.11 Å². The Kier molecular flexibility index (Phi) is 2.44. The van der Waals surface area contributed by atoms with Crippen molar-refractivity contribution in [3.05, 3.63) is 29.3 Å². The first-order valence-electron chi connectivity index (χ1n) is 6.56. The van der Waals surface area contributed by atoms with Gasteiger partial charge in [0, 0.05) is 6.04 Å². The predicted molar refractivity (Wildman–Crippen MR) is 69.5 cm³/mol. The van der Waals surface area contributed by atoms with Crippen molar-refractivity contribution in [3.63, 3.8) is 0 Å². The SMILES string of the molecule is COc1ccc2c(c1)C(C)(C)C1CCCNC21. The Morgan fingerprint density at radius 1 is 1.35 bits per heavy atom. The molecule has 0 spiro atoms. The maximum absolute atomic E-state index is 5.37. The third kappa shape index (κ3) is 1.50. The maximum Gasteiger partial charge on any atom is 0.119 e. The lowest BCUT2D eigenvalue weighted by molar-refractivity contribution is 0.218. The summed E-state index contributed by atoms with van der Waals surface area (Å²) in [5.74, 6) is 1.72. The molecule has 0 saturated carbocycles. The number of rotatable bonds is 1. The fourth-order valence-corrected chi connectivity index (χ4v) is 3.68. The van der Waals surface area contributed by atoms with E-state index in [0.29, 0.717) is 6.04 Å². The summed E-state index contributed by atoms with van der Waals surface area (Å²) >= 11 is 0. The smallest absolute Gasteiger partial charge is 0.119 e. The molecule has 3 rings (SSSR count). The molecule has 1 aromatic carbocycles. The molecule has 1 N–H and O–H groups in total. The van der Waals surface area contributed by atoms with Crippen LogP contribution >= 0.6 is 0 Å². The summed E-state index contributed by atoms with van der Waals surface area (Å²) in [7, 11) is 1.75. The highest BCUT2D eigenvalue weighted by Crippen LogP contribution is 2.52. The van der Waals surface area contributed by atoms with Crippen molar-refractivity contribution in [2.75, 3.05) is 13.7 Å². The second-order valence-corrected chi connectivity index (χ2v) is 5.86. The minimum Gasteiger partial charge on any atom is -0.497 e. The summed E-state index contributed by atoms with van der Waals surface area (Å²) in [5.41, 5.74) is 3.23. The monoisotopic (exact) mass is 231 g/mol. The second-order valence-electron chi connectivity index (χ2n) is 5.86. The highest BCUT2D eigenvalue weighted by Gasteiger charge is 2.46. The number of piperidine rings is 1. The summed E-state index contributed by atoms with van der Waals surface area (Å²) in [6, 6.07) is 7.13. The van der Waals surface area contributed by atoms with Crippen LogP contribution in [0.1, 0.15) is 43.9 Å². The number of methoxy groups -OCH3 is 1. The van der Waals surface area contributed by atoms with Crippen LogP contribution in [-0.4, -0.2) is 13.7 Å². The number of fused-ring (bicyclic) bond motifs is 3. The fourth-order valence-electron chi connectivity index (χ4n) is 3.68. The zero-order chi connectivity index (χ0) is 12.0. The van der Waals surface area contributed by atoms with Gasteiger partial charge in [-0.2, -0.15) is 0 Å². The zero-order valence-electron chi connectivity index (χ0n) is 10.9. The van der Waals surface area contributed by atoms with Crippen LogP contribution < -0.4 is 10.1 Å². The Balaban J connectivity index is 2.11. The molecule has 1 heterocycles. The number of nitrogens with one attached hydrogen (secondary N) is 1. The van der Waals surface area contributed by atoms with E-state index >= 15 is 0 Å². The second kappa shape index (κ2) is 3.74. The highest BCUT2D eigenvalue weighted by atomic mass is 16.5. The molecule has 0 aromatic heterocycles. The largest absolute Gasteiger partial charge is 0.497 e. The van der Waals surface area contributed by atoms with E-state index in [4.69, 9.17) is 4.74 Å². The molecule has 2 heteroatoms. The van der Waals surface area contributed by atoms with Gasteiger partial charge in [-0.3, -0.25) is 0 Å². The Hall–Kier alpha value is -1.02. The van der Waals surface area contributed by atoms with Gasteiger partial charge < -0.3 is 10.1 Å². The molecule has 2 unspecified atom stereocenters. The van der Waals surface area contributed by atoms with Gasteiger partial charge in [0.25, 0.3) is 0 Å². The van der Waals surface area contributed by atoms with Crippen LogP contribution in [0, 0.1) is 5.92 Å². The van der Waals surface area contributed by atoms with Gasteiger partial charge in [-0.1, -0.05) is 19.9 Å². The molecule has 2 nitrogen and oxygen atoms in total. The van der Waals surface area contributed by atoms with Crippen molar-refractivity contribution in [3.8, 4) is 5.75 Å². The molecule has 1 aliphatic heterocycles. The number of benzene rings is 1. The van der Waals surface area contributed by atoms with Crippen LogP contribution in [-0.2, 0) is 5.41 Å². The van der Waals surface area contributed by atoms with E-state index in [0.717, 1.165) is 18.2 Å². The number of hydrogen-bond acceptors (Lipinski definition) is 2. The Bertz CT molecular complexity index is 439. The van der Waals surface area contributed by atoms with Crippen LogP contribution in [0.3, 0.4) is 0 Å². The molecule has 17 heavy (non-hydrogen) atoms. The van der Waals surface area contributed by atoms with Crippen LogP contribution in [0.25, 0.3) is 0 Å². The average Bonchev–Trinajstić information content (AvgIpc) is 2.59. The van der Waals surface area contributed by atoms with E-state index in [9.17, 15) is 0 Å². The third-order valence-electron chi connectivity index (χ3n) is 4.68. The van der Waals surface area contributed by atoms with Gasteiger partial charge in [-0.15, -0.1) is 0 Å². The third-order valence-corrected chi connectivity index (χ3v) is 4.68. The summed E-state index contributed by atoms with van der Waals surface area (Å²) in [4.78, 5) is 0. The van der Waals surface area contributed by atoms with E-state index < -0.39 is 0 Å². The van der Waals surface area contributed by atoms with Gasteiger partial charge >= 0.3 is 0 Å². The molecule has 1 aliphatic carbocycles. The first kappa shape index (κ1) is 11.1. The Labute approximate surface area is 103 Å². The zero-order valence-corrected chi connectivity index (χ0v) is 10.9. The topological polar surface area (TPSA) is 21.3 Å². The lowest BCUT2D eigenvalue weighted by atomic mass is 9.74.